The zero-order valence-electron chi connectivity index (χ0n) is 11.0. The van der Waals surface area contributed by atoms with Crippen LogP contribution in [0.2, 0.25) is 0 Å². The van der Waals surface area contributed by atoms with Crippen molar-refractivity contribution in [3.05, 3.63) is 59.7 Å². The molecule has 2 rings (SSSR count). The van der Waals surface area contributed by atoms with Crippen LogP contribution >= 0.6 is 0 Å². The molecule has 0 fully saturated rings. The Morgan fingerprint density at radius 1 is 1.16 bits per heavy atom. The Morgan fingerprint density at radius 2 is 1.89 bits per heavy atom. The first-order chi connectivity index (χ1) is 9.13. The SMILES string of the molecule is Cc1cccc(N(C)c2ccccc2C(N)=NO)c1. The van der Waals surface area contributed by atoms with Crippen molar-refractivity contribution in [3.63, 3.8) is 0 Å². The lowest BCUT2D eigenvalue weighted by atomic mass is 10.1. The van der Waals surface area contributed by atoms with Gasteiger partial charge in [-0.05, 0) is 36.8 Å². The monoisotopic (exact) mass is 255 g/mol. The third-order valence-corrected chi connectivity index (χ3v) is 3.04. The highest BCUT2D eigenvalue weighted by Gasteiger charge is 2.11. The number of nitrogens with two attached hydrogens (primary N) is 1. The average Bonchev–Trinajstić information content (AvgIpc) is 2.45. The van der Waals surface area contributed by atoms with Gasteiger partial charge >= 0.3 is 0 Å². The van der Waals surface area contributed by atoms with Gasteiger partial charge in [-0.25, -0.2) is 0 Å². The molecule has 0 bridgehead atoms. The lowest BCUT2D eigenvalue weighted by Crippen LogP contribution is -2.19. The molecule has 4 nitrogen and oxygen atoms in total. The Kier molecular flexibility index (Phi) is 3.71. The molecule has 19 heavy (non-hydrogen) atoms. The molecule has 0 aromatic heterocycles. The Morgan fingerprint density at radius 3 is 2.58 bits per heavy atom. The minimum atomic E-state index is 0.107. The topological polar surface area (TPSA) is 61.8 Å². The van der Waals surface area contributed by atoms with E-state index in [-0.39, 0.29) is 5.84 Å². The third kappa shape index (κ3) is 2.68. The van der Waals surface area contributed by atoms with Crippen LogP contribution in [0.1, 0.15) is 11.1 Å². The van der Waals surface area contributed by atoms with E-state index in [1.165, 1.54) is 5.56 Å². The minimum Gasteiger partial charge on any atom is -0.409 e. The first-order valence-corrected chi connectivity index (χ1v) is 6.01. The molecular formula is C15H17N3O. The highest BCUT2D eigenvalue weighted by Crippen LogP contribution is 2.27. The molecule has 2 aromatic rings. The van der Waals surface area contributed by atoms with E-state index in [1.807, 2.05) is 61.3 Å². The number of anilines is 2. The van der Waals surface area contributed by atoms with Gasteiger partial charge in [-0.1, -0.05) is 29.4 Å². The van der Waals surface area contributed by atoms with E-state index in [9.17, 15) is 0 Å². The van der Waals surface area contributed by atoms with E-state index >= 15 is 0 Å². The number of benzene rings is 2. The molecule has 0 saturated heterocycles. The number of para-hydroxylation sites is 1. The summed E-state index contributed by atoms with van der Waals surface area (Å²) in [5.74, 6) is 0.107. The molecule has 0 radical (unpaired) electrons. The number of amidine groups is 1. The van der Waals surface area contributed by atoms with Gasteiger partial charge in [-0.2, -0.15) is 0 Å². The lowest BCUT2D eigenvalue weighted by Gasteiger charge is -2.22. The van der Waals surface area contributed by atoms with E-state index in [2.05, 4.69) is 11.2 Å². The molecule has 0 aliphatic carbocycles. The number of oxime groups is 1. The lowest BCUT2D eigenvalue weighted by molar-refractivity contribution is 0.318. The molecular weight excluding hydrogens is 238 g/mol. The van der Waals surface area contributed by atoms with Crippen LogP contribution in [0, 0.1) is 6.92 Å². The molecule has 0 amide bonds. The maximum atomic E-state index is 8.85. The van der Waals surface area contributed by atoms with E-state index in [0.717, 1.165) is 11.4 Å². The molecule has 0 saturated carbocycles. The second kappa shape index (κ2) is 5.44. The van der Waals surface area contributed by atoms with Crippen LogP contribution in [0.15, 0.2) is 53.7 Å². The summed E-state index contributed by atoms with van der Waals surface area (Å²) in [5, 5.41) is 11.9. The van der Waals surface area contributed by atoms with Crippen molar-refractivity contribution in [2.24, 2.45) is 10.9 Å². The van der Waals surface area contributed by atoms with Crippen LogP contribution in [0.5, 0.6) is 0 Å². The van der Waals surface area contributed by atoms with Crippen molar-refractivity contribution in [1.29, 1.82) is 0 Å². The second-order valence-electron chi connectivity index (χ2n) is 4.40. The molecule has 0 spiro atoms. The zero-order valence-corrected chi connectivity index (χ0v) is 11.0. The summed E-state index contributed by atoms with van der Waals surface area (Å²) in [7, 11) is 1.96. The number of aryl methyl sites for hydroxylation is 1. The van der Waals surface area contributed by atoms with E-state index in [4.69, 9.17) is 10.9 Å². The molecule has 4 heteroatoms. The summed E-state index contributed by atoms with van der Waals surface area (Å²) < 4.78 is 0. The van der Waals surface area contributed by atoms with Crippen molar-refractivity contribution in [1.82, 2.24) is 0 Å². The Hall–Kier alpha value is -2.49. The predicted molar refractivity (Wildman–Crippen MR) is 78.2 cm³/mol. The summed E-state index contributed by atoms with van der Waals surface area (Å²) in [6.45, 7) is 2.05. The Balaban J connectivity index is 2.47. The van der Waals surface area contributed by atoms with Crippen molar-refractivity contribution >= 4 is 17.2 Å². The maximum Gasteiger partial charge on any atom is 0.172 e. The smallest absolute Gasteiger partial charge is 0.172 e. The van der Waals surface area contributed by atoms with Gasteiger partial charge in [0.2, 0.25) is 0 Å². The molecule has 98 valence electrons. The minimum absolute atomic E-state index is 0.107. The first-order valence-electron chi connectivity index (χ1n) is 6.01. The van der Waals surface area contributed by atoms with Gasteiger partial charge in [0.25, 0.3) is 0 Å². The van der Waals surface area contributed by atoms with Crippen molar-refractivity contribution in [2.75, 3.05) is 11.9 Å². The molecule has 0 aliphatic rings. The summed E-state index contributed by atoms with van der Waals surface area (Å²) in [6.07, 6.45) is 0. The molecule has 0 atom stereocenters. The first kappa shape index (κ1) is 13.0. The Bertz CT molecular complexity index is 608. The van der Waals surface area contributed by atoms with Crippen LogP contribution in [0.4, 0.5) is 11.4 Å². The van der Waals surface area contributed by atoms with Crippen LogP contribution < -0.4 is 10.6 Å². The van der Waals surface area contributed by atoms with Crippen molar-refractivity contribution < 1.29 is 5.21 Å². The maximum absolute atomic E-state index is 8.85. The number of rotatable bonds is 3. The van der Waals surface area contributed by atoms with Gasteiger partial charge in [-0.15, -0.1) is 0 Å². The number of hydrogen-bond acceptors (Lipinski definition) is 3. The molecule has 0 aliphatic heterocycles. The molecule has 0 unspecified atom stereocenters. The molecule has 3 N–H and O–H groups in total. The van der Waals surface area contributed by atoms with Crippen LogP contribution in [-0.4, -0.2) is 18.1 Å². The van der Waals surface area contributed by atoms with Crippen LogP contribution in [0.25, 0.3) is 0 Å². The van der Waals surface area contributed by atoms with Gasteiger partial charge in [0.05, 0.1) is 5.69 Å². The van der Waals surface area contributed by atoms with Gasteiger partial charge in [0.1, 0.15) is 0 Å². The molecule has 0 heterocycles. The van der Waals surface area contributed by atoms with Crippen molar-refractivity contribution in [3.8, 4) is 0 Å². The standard InChI is InChI=1S/C15H17N3O/c1-11-6-5-7-12(10-11)18(2)14-9-4-3-8-13(14)15(16)17-19/h3-10,19H,1-2H3,(H2,16,17). The largest absolute Gasteiger partial charge is 0.409 e. The van der Waals surface area contributed by atoms with Gasteiger partial charge < -0.3 is 15.8 Å². The fraction of sp³-hybridized carbons (Fsp3) is 0.133. The number of nitrogens with zero attached hydrogens (tertiary/aromatic N) is 2. The summed E-state index contributed by atoms with van der Waals surface area (Å²) in [6, 6.07) is 15.7. The van der Waals surface area contributed by atoms with Crippen LogP contribution in [0.3, 0.4) is 0 Å². The second-order valence-corrected chi connectivity index (χ2v) is 4.40. The molecule has 2 aromatic carbocycles. The summed E-state index contributed by atoms with van der Waals surface area (Å²) in [5.41, 5.74) is 9.55. The third-order valence-electron chi connectivity index (χ3n) is 3.04. The highest BCUT2D eigenvalue weighted by molar-refractivity contribution is 6.02. The van der Waals surface area contributed by atoms with Gasteiger partial charge in [0.15, 0.2) is 5.84 Å². The summed E-state index contributed by atoms with van der Waals surface area (Å²) in [4.78, 5) is 2.01. The predicted octanol–water partition coefficient (Wildman–Crippen LogP) is 2.86. The average molecular weight is 255 g/mol. The van der Waals surface area contributed by atoms with Gasteiger partial charge in [-0.3, -0.25) is 0 Å². The van der Waals surface area contributed by atoms with Gasteiger partial charge in [0, 0.05) is 18.3 Å². The van der Waals surface area contributed by atoms with E-state index in [1.54, 1.807) is 0 Å². The fourth-order valence-electron chi connectivity index (χ4n) is 2.01. The van der Waals surface area contributed by atoms with E-state index < -0.39 is 0 Å². The fourth-order valence-corrected chi connectivity index (χ4v) is 2.01. The zero-order chi connectivity index (χ0) is 13.8. The quantitative estimate of drug-likeness (QED) is 0.384. The number of hydrogen-bond donors (Lipinski definition) is 2. The Labute approximate surface area is 112 Å². The van der Waals surface area contributed by atoms with Crippen LogP contribution in [-0.2, 0) is 0 Å². The summed E-state index contributed by atoms with van der Waals surface area (Å²) >= 11 is 0. The normalized spacial score (nSPS) is 11.4. The highest BCUT2D eigenvalue weighted by atomic mass is 16.4. The van der Waals surface area contributed by atoms with E-state index in [0.29, 0.717) is 5.56 Å². The van der Waals surface area contributed by atoms with Crippen molar-refractivity contribution in [2.45, 2.75) is 6.92 Å².